The van der Waals surface area contributed by atoms with Gasteiger partial charge in [0, 0.05) is 25.0 Å². The number of pyridine rings is 1. The smallest absolute Gasteiger partial charge is 0.433 e. The van der Waals surface area contributed by atoms with Crippen molar-refractivity contribution in [3.05, 3.63) is 71.9 Å². The Kier molecular flexibility index (Phi) is 4.97. The minimum Gasteiger partial charge on any atom is -0.439 e. The highest BCUT2D eigenvalue weighted by molar-refractivity contribution is 5.31. The van der Waals surface area contributed by atoms with Crippen molar-refractivity contribution in [2.75, 3.05) is 5.32 Å². The van der Waals surface area contributed by atoms with Gasteiger partial charge in [-0.2, -0.15) is 13.2 Å². The number of hydrogen-bond donors (Lipinski definition) is 1. The monoisotopic (exact) mass is 364 g/mol. The van der Waals surface area contributed by atoms with Gasteiger partial charge in [-0.3, -0.25) is 0 Å². The highest BCUT2D eigenvalue weighted by Crippen LogP contribution is 2.27. The van der Waals surface area contributed by atoms with Gasteiger partial charge in [-0.25, -0.2) is 19.3 Å². The number of benzene rings is 1. The van der Waals surface area contributed by atoms with E-state index in [-0.39, 0.29) is 18.3 Å². The molecular formula is C17H12F4N4O. The first-order valence-electron chi connectivity index (χ1n) is 7.42. The number of hydrogen-bond acceptors (Lipinski definition) is 5. The summed E-state index contributed by atoms with van der Waals surface area (Å²) in [6.07, 6.45) is -1.99. The molecule has 0 saturated carbocycles. The Morgan fingerprint density at radius 2 is 1.73 bits per heavy atom. The van der Waals surface area contributed by atoms with E-state index in [4.69, 9.17) is 4.74 Å². The van der Waals surface area contributed by atoms with Crippen LogP contribution in [-0.4, -0.2) is 15.0 Å². The van der Waals surface area contributed by atoms with Gasteiger partial charge in [-0.1, -0.05) is 6.07 Å². The van der Waals surface area contributed by atoms with E-state index < -0.39 is 11.9 Å². The summed E-state index contributed by atoms with van der Waals surface area (Å²) in [5.41, 5.74) is -0.325. The fourth-order valence-corrected chi connectivity index (χ4v) is 1.98. The second kappa shape index (κ2) is 7.34. The first-order valence-corrected chi connectivity index (χ1v) is 7.42. The zero-order chi connectivity index (χ0) is 18.6. The largest absolute Gasteiger partial charge is 0.439 e. The molecule has 0 amide bonds. The summed E-state index contributed by atoms with van der Waals surface area (Å²) in [5.74, 6) is 0.229. The number of ether oxygens (including phenoxy) is 1. The molecule has 0 aliphatic heterocycles. The van der Waals surface area contributed by atoms with Crippen LogP contribution in [-0.2, 0) is 12.7 Å². The average Bonchev–Trinajstić information content (AvgIpc) is 2.63. The number of alkyl halides is 3. The Labute approximate surface area is 145 Å². The Hall–Kier alpha value is -3.23. The SMILES string of the molecule is Fc1ccc(Oc2ccc(CNc3nccc(C(F)(F)F)n3)cn2)cc1. The lowest BCUT2D eigenvalue weighted by atomic mass is 10.3. The summed E-state index contributed by atoms with van der Waals surface area (Å²) in [5, 5.41) is 2.70. The third-order valence-electron chi connectivity index (χ3n) is 3.23. The zero-order valence-corrected chi connectivity index (χ0v) is 13.2. The number of halogens is 4. The fraction of sp³-hybridized carbons (Fsp3) is 0.118. The molecule has 2 heterocycles. The molecule has 0 bridgehead atoms. The van der Waals surface area contributed by atoms with Crippen LogP contribution in [0, 0.1) is 5.82 Å². The van der Waals surface area contributed by atoms with Crippen LogP contribution in [0.5, 0.6) is 11.6 Å². The van der Waals surface area contributed by atoms with E-state index in [1.165, 1.54) is 30.5 Å². The van der Waals surface area contributed by atoms with Gasteiger partial charge >= 0.3 is 6.18 Å². The molecule has 134 valence electrons. The summed E-state index contributed by atoms with van der Waals surface area (Å²) in [7, 11) is 0. The Balaban J connectivity index is 1.60. The molecule has 1 aromatic carbocycles. The van der Waals surface area contributed by atoms with E-state index in [0.717, 1.165) is 12.3 Å². The molecule has 5 nitrogen and oxygen atoms in total. The van der Waals surface area contributed by atoms with Crippen molar-refractivity contribution < 1.29 is 22.3 Å². The predicted molar refractivity (Wildman–Crippen MR) is 85.1 cm³/mol. The van der Waals surface area contributed by atoms with Crippen LogP contribution in [0.1, 0.15) is 11.3 Å². The Morgan fingerprint density at radius 3 is 2.38 bits per heavy atom. The fourth-order valence-electron chi connectivity index (χ4n) is 1.98. The molecule has 0 saturated heterocycles. The van der Waals surface area contributed by atoms with Crippen LogP contribution in [0.25, 0.3) is 0 Å². The van der Waals surface area contributed by atoms with Crippen LogP contribution in [0.15, 0.2) is 54.9 Å². The minimum absolute atomic E-state index is 0.133. The van der Waals surface area contributed by atoms with Gasteiger partial charge in [-0.05, 0) is 35.9 Å². The highest BCUT2D eigenvalue weighted by atomic mass is 19.4. The van der Waals surface area contributed by atoms with Crippen molar-refractivity contribution in [2.24, 2.45) is 0 Å². The van der Waals surface area contributed by atoms with E-state index in [1.54, 1.807) is 12.1 Å². The van der Waals surface area contributed by atoms with E-state index >= 15 is 0 Å². The summed E-state index contributed by atoms with van der Waals surface area (Å²) in [6, 6.07) is 9.55. The molecular weight excluding hydrogens is 352 g/mol. The third-order valence-corrected chi connectivity index (χ3v) is 3.23. The van der Waals surface area contributed by atoms with Gasteiger partial charge in [0.05, 0.1) is 0 Å². The van der Waals surface area contributed by atoms with Gasteiger partial charge in [0.2, 0.25) is 11.8 Å². The van der Waals surface area contributed by atoms with E-state index in [0.29, 0.717) is 17.2 Å². The first-order chi connectivity index (χ1) is 12.4. The third kappa shape index (κ3) is 4.65. The van der Waals surface area contributed by atoms with E-state index in [1.807, 2.05) is 0 Å². The van der Waals surface area contributed by atoms with E-state index in [2.05, 4.69) is 20.3 Å². The molecule has 0 aliphatic carbocycles. The molecule has 0 aliphatic rings. The lowest BCUT2D eigenvalue weighted by Crippen LogP contribution is -2.11. The predicted octanol–water partition coefficient (Wildman–Crippen LogP) is 4.43. The number of nitrogens with one attached hydrogen (secondary N) is 1. The molecule has 0 radical (unpaired) electrons. The maximum absolute atomic E-state index is 12.8. The normalized spacial score (nSPS) is 11.2. The number of nitrogens with zero attached hydrogens (tertiary/aromatic N) is 3. The highest BCUT2D eigenvalue weighted by Gasteiger charge is 2.32. The lowest BCUT2D eigenvalue weighted by molar-refractivity contribution is -0.141. The van der Waals surface area contributed by atoms with Gasteiger partial charge in [0.25, 0.3) is 0 Å². The summed E-state index contributed by atoms with van der Waals surface area (Å²) >= 11 is 0. The molecule has 0 spiro atoms. The number of anilines is 1. The van der Waals surface area contributed by atoms with Crippen molar-refractivity contribution in [1.82, 2.24) is 15.0 Å². The Morgan fingerprint density at radius 1 is 0.962 bits per heavy atom. The maximum Gasteiger partial charge on any atom is 0.433 e. The summed E-state index contributed by atoms with van der Waals surface area (Å²) in [6.45, 7) is 0.186. The molecule has 3 rings (SSSR count). The molecule has 1 N–H and O–H groups in total. The quantitative estimate of drug-likeness (QED) is 0.679. The molecule has 0 atom stereocenters. The van der Waals surface area contributed by atoms with Crippen molar-refractivity contribution in [1.29, 1.82) is 0 Å². The van der Waals surface area contributed by atoms with Crippen LogP contribution < -0.4 is 10.1 Å². The molecule has 26 heavy (non-hydrogen) atoms. The first kappa shape index (κ1) is 17.6. The summed E-state index contributed by atoms with van der Waals surface area (Å²) < 4.78 is 56.1. The second-order valence-corrected chi connectivity index (χ2v) is 5.18. The van der Waals surface area contributed by atoms with Gasteiger partial charge in [0.1, 0.15) is 17.3 Å². The second-order valence-electron chi connectivity index (χ2n) is 5.18. The molecule has 0 unspecified atom stereocenters. The van der Waals surface area contributed by atoms with Gasteiger partial charge in [-0.15, -0.1) is 0 Å². The Bertz CT molecular complexity index is 867. The van der Waals surface area contributed by atoms with Crippen LogP contribution in [0.2, 0.25) is 0 Å². The van der Waals surface area contributed by atoms with Gasteiger partial charge in [0.15, 0.2) is 0 Å². The molecule has 2 aromatic heterocycles. The minimum atomic E-state index is -4.53. The van der Waals surface area contributed by atoms with E-state index in [9.17, 15) is 17.6 Å². The maximum atomic E-state index is 12.8. The van der Waals surface area contributed by atoms with Crippen LogP contribution >= 0.6 is 0 Å². The number of rotatable bonds is 5. The van der Waals surface area contributed by atoms with Crippen LogP contribution in [0.3, 0.4) is 0 Å². The average molecular weight is 364 g/mol. The topological polar surface area (TPSA) is 59.9 Å². The molecule has 3 aromatic rings. The van der Waals surface area contributed by atoms with Crippen molar-refractivity contribution in [3.63, 3.8) is 0 Å². The van der Waals surface area contributed by atoms with Crippen molar-refractivity contribution >= 4 is 5.95 Å². The molecule has 0 fully saturated rings. The number of aromatic nitrogens is 3. The standard InChI is InChI=1S/C17H12F4N4O/c18-12-2-4-13(5-3-12)26-15-6-1-11(9-23-15)10-24-16-22-8-7-14(25-16)17(19,20)21/h1-9H,10H2,(H,22,24,25). The summed E-state index contributed by atoms with van der Waals surface area (Å²) in [4.78, 5) is 11.3. The zero-order valence-electron chi connectivity index (χ0n) is 13.2. The lowest BCUT2D eigenvalue weighted by Gasteiger charge is -2.09. The molecule has 9 heteroatoms. The van der Waals surface area contributed by atoms with Crippen molar-refractivity contribution in [3.8, 4) is 11.6 Å². The van der Waals surface area contributed by atoms with Crippen molar-refractivity contribution in [2.45, 2.75) is 12.7 Å². The van der Waals surface area contributed by atoms with Gasteiger partial charge < -0.3 is 10.1 Å². The van der Waals surface area contributed by atoms with Crippen LogP contribution in [0.4, 0.5) is 23.5 Å².